The first-order valence-electron chi connectivity index (χ1n) is 5.07. The fourth-order valence-electron chi connectivity index (χ4n) is 1.40. The number of carbonyl (C=O) groups is 1. The second-order valence-corrected chi connectivity index (χ2v) is 3.84. The summed E-state index contributed by atoms with van der Waals surface area (Å²) in [6.07, 6.45) is 1.55. The number of halogens is 1. The van der Waals surface area contributed by atoms with E-state index in [-0.39, 0.29) is 11.4 Å². The minimum absolute atomic E-state index is 0.224. The Morgan fingerprint density at radius 3 is 2.71 bits per heavy atom. The average molecular weight is 248 g/mol. The number of hydrogen-bond donors (Lipinski definition) is 0. The number of hydrogen-bond acceptors (Lipinski definition) is 3. The Morgan fingerprint density at radius 2 is 2.00 bits per heavy atom. The van der Waals surface area contributed by atoms with Gasteiger partial charge in [-0.25, -0.2) is 4.98 Å². The molecular weight excluding hydrogens is 238 g/mol. The molecule has 0 aliphatic heterocycles. The first kappa shape index (κ1) is 11.6. The number of para-hydroxylation sites is 1. The summed E-state index contributed by atoms with van der Waals surface area (Å²) in [7, 11) is 0. The standard InChI is InChI=1S/C13H10ClNO2/c1-9-5-2-3-7-11(9)17-13-10(12(14)16)6-4-8-15-13/h2-8H,1H3. The number of nitrogens with zero attached hydrogens (tertiary/aromatic N) is 1. The van der Waals surface area contributed by atoms with E-state index in [0.717, 1.165) is 5.56 Å². The number of aromatic nitrogens is 1. The first-order chi connectivity index (χ1) is 8.18. The summed E-state index contributed by atoms with van der Waals surface area (Å²) in [5.41, 5.74) is 1.23. The van der Waals surface area contributed by atoms with Crippen LogP contribution in [-0.2, 0) is 0 Å². The molecule has 0 saturated carbocycles. The molecule has 0 fully saturated rings. The molecule has 0 atom stereocenters. The first-order valence-corrected chi connectivity index (χ1v) is 5.44. The summed E-state index contributed by atoms with van der Waals surface area (Å²) in [5, 5.41) is -0.582. The molecule has 0 unspecified atom stereocenters. The Hall–Kier alpha value is -1.87. The summed E-state index contributed by atoms with van der Waals surface area (Å²) in [4.78, 5) is 15.2. The van der Waals surface area contributed by atoms with Crippen LogP contribution in [0.15, 0.2) is 42.6 Å². The molecule has 2 rings (SSSR count). The number of ether oxygens (including phenoxy) is 1. The third kappa shape index (κ3) is 2.63. The highest BCUT2D eigenvalue weighted by Gasteiger charge is 2.12. The van der Waals surface area contributed by atoms with E-state index < -0.39 is 5.24 Å². The lowest BCUT2D eigenvalue weighted by molar-refractivity contribution is 0.107. The SMILES string of the molecule is Cc1ccccc1Oc1ncccc1C(=O)Cl. The van der Waals surface area contributed by atoms with Crippen LogP contribution in [0.3, 0.4) is 0 Å². The molecule has 0 spiro atoms. The van der Waals surface area contributed by atoms with Crippen molar-refractivity contribution in [3.8, 4) is 11.6 Å². The minimum Gasteiger partial charge on any atom is -0.438 e. The molecule has 0 bridgehead atoms. The summed E-state index contributed by atoms with van der Waals surface area (Å²) in [6, 6.07) is 10.7. The van der Waals surface area contributed by atoms with Gasteiger partial charge in [0.15, 0.2) is 0 Å². The van der Waals surface area contributed by atoms with E-state index in [9.17, 15) is 4.79 Å². The monoisotopic (exact) mass is 247 g/mol. The second kappa shape index (κ2) is 4.97. The van der Waals surface area contributed by atoms with Gasteiger partial charge in [0, 0.05) is 6.20 Å². The van der Waals surface area contributed by atoms with Gasteiger partial charge >= 0.3 is 0 Å². The molecule has 3 nitrogen and oxygen atoms in total. The van der Waals surface area contributed by atoms with Crippen molar-refractivity contribution in [1.82, 2.24) is 4.98 Å². The largest absolute Gasteiger partial charge is 0.438 e. The van der Waals surface area contributed by atoms with Crippen LogP contribution in [0, 0.1) is 6.92 Å². The van der Waals surface area contributed by atoms with Gasteiger partial charge in [0.1, 0.15) is 5.75 Å². The van der Waals surface area contributed by atoms with Crippen molar-refractivity contribution >= 4 is 16.8 Å². The summed E-state index contributed by atoms with van der Waals surface area (Å²) in [6.45, 7) is 1.92. The Labute approximate surface area is 104 Å². The molecule has 4 heteroatoms. The van der Waals surface area contributed by atoms with E-state index in [2.05, 4.69) is 4.98 Å². The molecule has 2 aromatic rings. The van der Waals surface area contributed by atoms with Gasteiger partial charge in [-0.1, -0.05) is 18.2 Å². The van der Waals surface area contributed by atoms with Gasteiger partial charge in [-0.05, 0) is 42.3 Å². The lowest BCUT2D eigenvalue weighted by atomic mass is 10.2. The van der Waals surface area contributed by atoms with E-state index in [1.54, 1.807) is 18.3 Å². The molecule has 0 radical (unpaired) electrons. The molecule has 1 heterocycles. The zero-order valence-corrected chi connectivity index (χ0v) is 9.94. The predicted molar refractivity (Wildman–Crippen MR) is 65.7 cm³/mol. The molecule has 0 saturated heterocycles. The van der Waals surface area contributed by atoms with Crippen molar-refractivity contribution < 1.29 is 9.53 Å². The van der Waals surface area contributed by atoms with E-state index >= 15 is 0 Å². The number of aryl methyl sites for hydroxylation is 1. The molecule has 86 valence electrons. The van der Waals surface area contributed by atoms with E-state index in [4.69, 9.17) is 16.3 Å². The maximum absolute atomic E-state index is 11.2. The van der Waals surface area contributed by atoms with Crippen LogP contribution >= 0.6 is 11.6 Å². The van der Waals surface area contributed by atoms with Crippen LogP contribution in [-0.4, -0.2) is 10.2 Å². The summed E-state index contributed by atoms with van der Waals surface area (Å²) >= 11 is 5.46. The minimum atomic E-state index is -0.582. The molecule has 0 N–H and O–H groups in total. The number of benzene rings is 1. The van der Waals surface area contributed by atoms with Crippen LogP contribution < -0.4 is 4.74 Å². The second-order valence-electron chi connectivity index (χ2n) is 3.50. The van der Waals surface area contributed by atoms with Crippen molar-refractivity contribution in [1.29, 1.82) is 0 Å². The van der Waals surface area contributed by atoms with Crippen molar-refractivity contribution in [3.05, 3.63) is 53.7 Å². The molecular formula is C13H10ClNO2. The fraction of sp³-hybridized carbons (Fsp3) is 0.0769. The van der Waals surface area contributed by atoms with Crippen molar-refractivity contribution in [2.24, 2.45) is 0 Å². The maximum atomic E-state index is 11.2. The van der Waals surface area contributed by atoms with Crippen molar-refractivity contribution in [2.45, 2.75) is 6.92 Å². The van der Waals surface area contributed by atoms with Crippen molar-refractivity contribution in [2.75, 3.05) is 0 Å². The summed E-state index contributed by atoms with van der Waals surface area (Å²) in [5.74, 6) is 0.882. The van der Waals surface area contributed by atoms with Gasteiger partial charge in [0.05, 0.1) is 5.56 Å². The Balaban J connectivity index is 2.37. The molecule has 0 amide bonds. The summed E-state index contributed by atoms with van der Waals surface area (Å²) < 4.78 is 5.59. The highest BCUT2D eigenvalue weighted by atomic mass is 35.5. The lowest BCUT2D eigenvalue weighted by Crippen LogP contribution is -1.98. The molecule has 0 aliphatic rings. The number of rotatable bonds is 3. The van der Waals surface area contributed by atoms with E-state index in [1.165, 1.54) is 0 Å². The van der Waals surface area contributed by atoms with E-state index in [0.29, 0.717) is 5.75 Å². The van der Waals surface area contributed by atoms with Gasteiger partial charge in [-0.2, -0.15) is 0 Å². The fourth-order valence-corrected chi connectivity index (χ4v) is 1.54. The van der Waals surface area contributed by atoms with Crippen LogP contribution in [0.5, 0.6) is 11.6 Å². The topological polar surface area (TPSA) is 39.2 Å². The Kier molecular flexibility index (Phi) is 3.40. The van der Waals surface area contributed by atoms with Crippen LogP contribution in [0.4, 0.5) is 0 Å². The van der Waals surface area contributed by atoms with Crippen LogP contribution in [0.1, 0.15) is 15.9 Å². The van der Waals surface area contributed by atoms with Crippen molar-refractivity contribution in [3.63, 3.8) is 0 Å². The van der Waals surface area contributed by atoms with Gasteiger partial charge in [0.2, 0.25) is 5.88 Å². The molecule has 1 aromatic heterocycles. The molecule has 1 aromatic carbocycles. The van der Waals surface area contributed by atoms with Gasteiger partial charge in [0.25, 0.3) is 5.24 Å². The number of carbonyl (C=O) groups excluding carboxylic acids is 1. The van der Waals surface area contributed by atoms with Crippen LogP contribution in [0.25, 0.3) is 0 Å². The zero-order chi connectivity index (χ0) is 12.3. The van der Waals surface area contributed by atoms with Gasteiger partial charge in [-0.15, -0.1) is 0 Å². The maximum Gasteiger partial charge on any atom is 0.257 e. The number of pyridine rings is 1. The van der Waals surface area contributed by atoms with Gasteiger partial charge in [-0.3, -0.25) is 4.79 Å². The smallest absolute Gasteiger partial charge is 0.257 e. The van der Waals surface area contributed by atoms with Gasteiger partial charge < -0.3 is 4.74 Å². The Morgan fingerprint density at radius 1 is 1.24 bits per heavy atom. The highest BCUT2D eigenvalue weighted by molar-refractivity contribution is 6.68. The zero-order valence-electron chi connectivity index (χ0n) is 9.18. The molecule has 17 heavy (non-hydrogen) atoms. The normalized spacial score (nSPS) is 10.0. The Bertz CT molecular complexity index is 555. The third-order valence-corrected chi connectivity index (χ3v) is 2.49. The van der Waals surface area contributed by atoms with Crippen LogP contribution in [0.2, 0.25) is 0 Å². The predicted octanol–water partition coefficient (Wildman–Crippen LogP) is 3.56. The van der Waals surface area contributed by atoms with E-state index in [1.807, 2.05) is 31.2 Å². The lowest BCUT2D eigenvalue weighted by Gasteiger charge is -2.09. The quantitative estimate of drug-likeness (QED) is 0.779. The third-order valence-electron chi connectivity index (χ3n) is 2.28. The average Bonchev–Trinajstić information content (AvgIpc) is 2.32. The molecule has 0 aliphatic carbocycles. The highest BCUT2D eigenvalue weighted by Crippen LogP contribution is 2.26.